The van der Waals surface area contributed by atoms with Crippen LogP contribution >= 0.6 is 11.6 Å². The van der Waals surface area contributed by atoms with Gasteiger partial charge in [-0.3, -0.25) is 4.79 Å². The predicted molar refractivity (Wildman–Crippen MR) is 54.2 cm³/mol. The van der Waals surface area contributed by atoms with Gasteiger partial charge in [0, 0.05) is 24.8 Å². The summed E-state index contributed by atoms with van der Waals surface area (Å²) in [6.45, 7) is 0. The summed E-state index contributed by atoms with van der Waals surface area (Å²) in [5.41, 5.74) is 6.13. The average molecular weight is 210 g/mol. The maximum atomic E-state index is 11.0. The van der Waals surface area contributed by atoms with E-state index in [-0.39, 0.29) is 5.56 Å². The minimum atomic E-state index is -0.562. The van der Waals surface area contributed by atoms with Crippen LogP contribution in [0.3, 0.4) is 0 Å². The first-order valence-electron chi connectivity index (χ1n) is 4.00. The standard InChI is InChI=1S/C9H8ClN3O/c1-13-3-2-5-7(10)6(8(11)14)4-12-9(5)13/h2-4H,1H3,(H2,11,14). The molecule has 0 saturated carbocycles. The van der Waals surface area contributed by atoms with Gasteiger partial charge in [-0.2, -0.15) is 0 Å². The van der Waals surface area contributed by atoms with Crippen molar-refractivity contribution in [1.29, 1.82) is 0 Å². The minimum Gasteiger partial charge on any atom is -0.366 e. The smallest absolute Gasteiger partial charge is 0.251 e. The van der Waals surface area contributed by atoms with Crippen molar-refractivity contribution in [3.8, 4) is 0 Å². The molecule has 0 unspecified atom stereocenters. The number of primary amides is 1. The number of fused-ring (bicyclic) bond motifs is 1. The van der Waals surface area contributed by atoms with Gasteiger partial charge in [-0.1, -0.05) is 11.6 Å². The van der Waals surface area contributed by atoms with Crippen LogP contribution in [0.1, 0.15) is 10.4 Å². The van der Waals surface area contributed by atoms with Crippen molar-refractivity contribution in [2.45, 2.75) is 0 Å². The Labute approximate surface area is 85.3 Å². The van der Waals surface area contributed by atoms with E-state index in [4.69, 9.17) is 17.3 Å². The largest absolute Gasteiger partial charge is 0.366 e. The number of halogens is 1. The lowest BCUT2D eigenvalue weighted by Gasteiger charge is -2.01. The highest BCUT2D eigenvalue weighted by atomic mass is 35.5. The van der Waals surface area contributed by atoms with Crippen LogP contribution < -0.4 is 5.73 Å². The first kappa shape index (κ1) is 9.02. The van der Waals surface area contributed by atoms with Gasteiger partial charge >= 0.3 is 0 Å². The van der Waals surface area contributed by atoms with E-state index >= 15 is 0 Å². The molecule has 0 saturated heterocycles. The van der Waals surface area contributed by atoms with Crippen LogP contribution in [0.5, 0.6) is 0 Å². The summed E-state index contributed by atoms with van der Waals surface area (Å²) in [4.78, 5) is 15.1. The highest BCUT2D eigenvalue weighted by Gasteiger charge is 2.12. The lowest BCUT2D eigenvalue weighted by atomic mass is 10.2. The molecular formula is C9H8ClN3O. The summed E-state index contributed by atoms with van der Waals surface area (Å²) in [5.74, 6) is -0.562. The third kappa shape index (κ3) is 1.15. The Kier molecular flexibility index (Phi) is 1.93. The van der Waals surface area contributed by atoms with Gasteiger partial charge in [-0.25, -0.2) is 4.98 Å². The molecule has 2 heterocycles. The fourth-order valence-electron chi connectivity index (χ4n) is 1.35. The molecule has 0 radical (unpaired) electrons. The Morgan fingerprint density at radius 2 is 2.36 bits per heavy atom. The number of aryl methyl sites for hydroxylation is 1. The van der Waals surface area contributed by atoms with Crippen molar-refractivity contribution in [1.82, 2.24) is 9.55 Å². The summed E-state index contributed by atoms with van der Waals surface area (Å²) in [6, 6.07) is 1.80. The molecule has 2 N–H and O–H groups in total. The monoisotopic (exact) mass is 209 g/mol. The molecule has 5 heteroatoms. The van der Waals surface area contributed by atoms with Crippen molar-refractivity contribution < 1.29 is 4.79 Å². The number of nitrogens with zero attached hydrogens (tertiary/aromatic N) is 2. The Hall–Kier alpha value is -1.55. The molecule has 4 nitrogen and oxygen atoms in total. The van der Waals surface area contributed by atoms with Gasteiger partial charge in [0.2, 0.25) is 0 Å². The van der Waals surface area contributed by atoms with E-state index in [0.29, 0.717) is 5.02 Å². The van der Waals surface area contributed by atoms with Crippen LogP contribution in [0.2, 0.25) is 5.02 Å². The summed E-state index contributed by atoms with van der Waals surface area (Å²) >= 11 is 6.00. The topological polar surface area (TPSA) is 60.9 Å². The molecule has 0 spiro atoms. The summed E-state index contributed by atoms with van der Waals surface area (Å²) in [5, 5.41) is 1.11. The number of hydrogen-bond donors (Lipinski definition) is 1. The van der Waals surface area contributed by atoms with E-state index in [2.05, 4.69) is 4.98 Å². The SMILES string of the molecule is Cn1ccc2c(Cl)c(C(N)=O)cnc21. The number of hydrogen-bond acceptors (Lipinski definition) is 2. The van der Waals surface area contributed by atoms with Gasteiger partial charge in [0.25, 0.3) is 5.91 Å². The maximum Gasteiger partial charge on any atom is 0.251 e. The summed E-state index contributed by atoms with van der Waals surface area (Å²) in [6.07, 6.45) is 3.22. The third-order valence-corrected chi connectivity index (χ3v) is 2.50. The fourth-order valence-corrected chi connectivity index (χ4v) is 1.64. The van der Waals surface area contributed by atoms with E-state index in [1.165, 1.54) is 6.20 Å². The molecule has 2 aromatic heterocycles. The normalized spacial score (nSPS) is 10.7. The molecule has 1 amide bonds. The van der Waals surface area contributed by atoms with Crippen LogP contribution in [0.4, 0.5) is 0 Å². The van der Waals surface area contributed by atoms with E-state index in [1.54, 1.807) is 6.07 Å². The first-order valence-corrected chi connectivity index (χ1v) is 4.38. The molecule has 0 aliphatic rings. The number of carbonyl (C=O) groups excluding carboxylic acids is 1. The fraction of sp³-hybridized carbons (Fsp3) is 0.111. The van der Waals surface area contributed by atoms with Crippen molar-refractivity contribution >= 4 is 28.5 Å². The molecule has 2 rings (SSSR count). The van der Waals surface area contributed by atoms with E-state index in [0.717, 1.165) is 11.0 Å². The Bertz CT molecular complexity index is 518. The zero-order valence-corrected chi connectivity index (χ0v) is 8.25. The second-order valence-electron chi connectivity index (χ2n) is 3.01. The Balaban J connectivity index is 2.82. The van der Waals surface area contributed by atoms with E-state index in [1.807, 2.05) is 17.8 Å². The number of nitrogens with two attached hydrogens (primary N) is 1. The second-order valence-corrected chi connectivity index (χ2v) is 3.39. The van der Waals surface area contributed by atoms with Gasteiger partial charge in [0.1, 0.15) is 5.65 Å². The number of aromatic nitrogens is 2. The molecule has 0 fully saturated rings. The van der Waals surface area contributed by atoms with Gasteiger partial charge in [0.15, 0.2) is 0 Å². The molecule has 2 aromatic rings. The predicted octanol–water partition coefficient (Wildman–Crippen LogP) is 1.33. The van der Waals surface area contributed by atoms with Gasteiger partial charge in [-0.05, 0) is 6.07 Å². The lowest BCUT2D eigenvalue weighted by Crippen LogP contribution is -2.12. The van der Waals surface area contributed by atoms with Crippen molar-refractivity contribution in [3.63, 3.8) is 0 Å². The van der Waals surface area contributed by atoms with Gasteiger partial charge < -0.3 is 10.3 Å². The van der Waals surface area contributed by atoms with Crippen molar-refractivity contribution in [2.24, 2.45) is 12.8 Å². The van der Waals surface area contributed by atoms with E-state index < -0.39 is 5.91 Å². The minimum absolute atomic E-state index is 0.255. The zero-order valence-electron chi connectivity index (χ0n) is 7.49. The number of carbonyl (C=O) groups is 1. The average Bonchev–Trinajstić information content (AvgIpc) is 2.49. The molecule has 0 aromatic carbocycles. The van der Waals surface area contributed by atoms with Crippen molar-refractivity contribution in [2.75, 3.05) is 0 Å². The van der Waals surface area contributed by atoms with E-state index in [9.17, 15) is 4.79 Å². The number of amides is 1. The highest BCUT2D eigenvalue weighted by molar-refractivity contribution is 6.38. The van der Waals surface area contributed by atoms with Crippen LogP contribution in [0.15, 0.2) is 18.5 Å². The number of pyridine rings is 1. The quantitative estimate of drug-likeness (QED) is 0.770. The Morgan fingerprint density at radius 1 is 1.64 bits per heavy atom. The zero-order chi connectivity index (χ0) is 10.3. The first-order chi connectivity index (χ1) is 6.61. The molecule has 0 aliphatic heterocycles. The molecule has 0 bridgehead atoms. The van der Waals surface area contributed by atoms with Crippen LogP contribution in [-0.2, 0) is 7.05 Å². The van der Waals surface area contributed by atoms with Crippen molar-refractivity contribution in [3.05, 3.63) is 29.0 Å². The second kappa shape index (κ2) is 2.99. The molecule has 72 valence electrons. The Morgan fingerprint density at radius 3 is 3.00 bits per heavy atom. The molecule has 0 atom stereocenters. The van der Waals surface area contributed by atoms with Gasteiger partial charge in [0.05, 0.1) is 10.6 Å². The summed E-state index contributed by atoms with van der Waals surface area (Å²) < 4.78 is 1.83. The highest BCUT2D eigenvalue weighted by Crippen LogP contribution is 2.25. The lowest BCUT2D eigenvalue weighted by molar-refractivity contribution is 0.100. The number of rotatable bonds is 1. The third-order valence-electron chi connectivity index (χ3n) is 2.09. The molecule has 0 aliphatic carbocycles. The van der Waals surface area contributed by atoms with Crippen LogP contribution in [0.25, 0.3) is 11.0 Å². The van der Waals surface area contributed by atoms with Crippen LogP contribution in [-0.4, -0.2) is 15.5 Å². The molecular weight excluding hydrogens is 202 g/mol. The molecule has 14 heavy (non-hydrogen) atoms. The summed E-state index contributed by atoms with van der Waals surface area (Å²) in [7, 11) is 1.86. The van der Waals surface area contributed by atoms with Crippen LogP contribution in [0, 0.1) is 0 Å². The maximum absolute atomic E-state index is 11.0. The van der Waals surface area contributed by atoms with Gasteiger partial charge in [-0.15, -0.1) is 0 Å².